The molecule has 1 saturated carbocycles. The number of alkyl halides is 2. The van der Waals surface area contributed by atoms with Crippen LogP contribution in [0.2, 0.25) is 43.8 Å². The topological polar surface area (TPSA) is 84.9 Å². The minimum absolute atomic E-state index is 0.0435. The van der Waals surface area contributed by atoms with E-state index in [2.05, 4.69) is 81.4 Å². The molecule has 6 nitrogen and oxygen atoms in total. The normalized spacial score (nSPS) is 29.2. The number of carbonyl (C=O) groups is 2. The number of hydrogen-bond acceptors (Lipinski definition) is 5. The quantitative estimate of drug-likeness (QED) is 0.120. The molecule has 1 aliphatic carbocycles. The molecule has 1 aliphatic heterocycles. The number of carbonyl (C=O) groups excluding carboxylic acids is 2. The molecule has 0 spiro atoms. The van der Waals surface area contributed by atoms with Crippen LogP contribution in [-0.4, -0.2) is 67.5 Å². The van der Waals surface area contributed by atoms with Gasteiger partial charge in [0.05, 0.1) is 18.6 Å². The van der Waals surface area contributed by atoms with Crippen molar-refractivity contribution in [2.24, 2.45) is 11.8 Å². The summed E-state index contributed by atoms with van der Waals surface area (Å²) in [5, 5.41) is 15.3. The Labute approximate surface area is 239 Å². The number of aliphatic hydroxyl groups is 1. The third-order valence-corrected chi connectivity index (χ3v) is 16.2. The number of esters is 1. The van der Waals surface area contributed by atoms with Gasteiger partial charge in [-0.25, -0.2) is 4.79 Å². The zero-order chi connectivity index (χ0) is 27.6. The zero-order valence-electron chi connectivity index (χ0n) is 23.6. The first-order chi connectivity index (χ1) is 16.5. The predicted molar refractivity (Wildman–Crippen MR) is 161 cm³/mol. The van der Waals surface area contributed by atoms with Crippen molar-refractivity contribution in [3.8, 4) is 0 Å². The van der Waals surface area contributed by atoms with Crippen molar-refractivity contribution in [2.75, 3.05) is 16.9 Å². The van der Waals surface area contributed by atoms with E-state index in [1.54, 1.807) is 0 Å². The van der Waals surface area contributed by atoms with E-state index >= 15 is 0 Å². The Morgan fingerprint density at radius 3 is 2.25 bits per heavy atom. The average Bonchev–Trinajstić information content (AvgIpc) is 2.99. The zero-order valence-corrected chi connectivity index (χ0v) is 28.6. The minimum Gasteiger partial charge on any atom is -0.464 e. The second-order valence-corrected chi connectivity index (χ2v) is 25.0. The maximum absolute atomic E-state index is 14.3. The summed E-state index contributed by atoms with van der Waals surface area (Å²) in [7, 11) is -3.87. The van der Waals surface area contributed by atoms with Gasteiger partial charge in [-0.05, 0) is 49.4 Å². The summed E-state index contributed by atoms with van der Waals surface area (Å²) >= 11 is 8.21. The lowest BCUT2D eigenvalue weighted by Gasteiger charge is -2.52. The van der Waals surface area contributed by atoms with E-state index in [1.165, 1.54) is 0 Å². The largest absolute Gasteiger partial charge is 0.464 e. The van der Waals surface area contributed by atoms with Crippen LogP contribution in [0.1, 0.15) is 59.3 Å². The molecule has 2 rings (SSSR count). The van der Waals surface area contributed by atoms with E-state index in [4.69, 9.17) is 20.8 Å². The number of nitrogens with one attached hydrogen (secondary N) is 1. The summed E-state index contributed by atoms with van der Waals surface area (Å²) in [6, 6.07) is 0.813. The molecule has 4 unspecified atom stereocenters. The van der Waals surface area contributed by atoms with Gasteiger partial charge in [0.15, 0.2) is 13.9 Å². The molecular formula is C26H49ClINO5Si2. The second-order valence-electron chi connectivity index (χ2n) is 13.5. The Kier molecular flexibility index (Phi) is 11.0. The molecule has 0 aromatic carbocycles. The lowest BCUT2D eigenvalue weighted by molar-refractivity contribution is -0.175. The highest BCUT2D eigenvalue weighted by Gasteiger charge is 2.72. The lowest BCUT2D eigenvalue weighted by Crippen LogP contribution is -2.74. The smallest absolute Gasteiger partial charge is 0.337 e. The molecule has 1 saturated heterocycles. The molecule has 210 valence electrons. The molecule has 4 atom stereocenters. The molecule has 1 amide bonds. The third kappa shape index (κ3) is 6.71. The SMILES string of the molecule is CC(C)(C)[Si](C)(C)OC(C1CCCCC1)C1(C(=O)OCC[Si](C)(C)C)NC(=O)C(CCCl)C1(O)CI. The fraction of sp³-hybridized carbons (Fsp3) is 0.923. The van der Waals surface area contributed by atoms with Crippen LogP contribution in [0.3, 0.4) is 0 Å². The molecule has 1 heterocycles. The fourth-order valence-corrected chi connectivity index (χ4v) is 8.68. The van der Waals surface area contributed by atoms with Crippen molar-refractivity contribution >= 4 is 62.5 Å². The molecule has 36 heavy (non-hydrogen) atoms. The van der Waals surface area contributed by atoms with Gasteiger partial charge in [0, 0.05) is 18.4 Å². The minimum atomic E-state index is -2.40. The summed E-state index contributed by atoms with van der Waals surface area (Å²) in [5.41, 5.74) is -3.33. The Bertz CT molecular complexity index is 781. The van der Waals surface area contributed by atoms with Gasteiger partial charge in [0.2, 0.25) is 5.91 Å². The first-order valence-corrected chi connectivity index (χ1v) is 22.2. The Hall–Kier alpha value is 0.314. The van der Waals surface area contributed by atoms with Gasteiger partial charge in [-0.15, -0.1) is 11.6 Å². The van der Waals surface area contributed by atoms with Gasteiger partial charge >= 0.3 is 5.97 Å². The highest BCUT2D eigenvalue weighted by molar-refractivity contribution is 14.1. The van der Waals surface area contributed by atoms with Crippen molar-refractivity contribution < 1.29 is 23.9 Å². The first kappa shape index (κ1) is 32.5. The van der Waals surface area contributed by atoms with Crippen LogP contribution < -0.4 is 5.32 Å². The second kappa shape index (κ2) is 12.2. The Morgan fingerprint density at radius 2 is 1.78 bits per heavy atom. The average molecular weight is 674 g/mol. The van der Waals surface area contributed by atoms with Crippen molar-refractivity contribution in [1.29, 1.82) is 0 Å². The highest BCUT2D eigenvalue weighted by atomic mass is 127. The van der Waals surface area contributed by atoms with E-state index < -0.39 is 45.5 Å². The van der Waals surface area contributed by atoms with Crippen molar-refractivity contribution in [3.05, 3.63) is 0 Å². The van der Waals surface area contributed by atoms with Crippen LogP contribution in [0.4, 0.5) is 0 Å². The third-order valence-electron chi connectivity index (χ3n) is 8.64. The summed E-state index contributed by atoms with van der Waals surface area (Å²) in [5.74, 6) is -1.43. The van der Waals surface area contributed by atoms with Crippen molar-refractivity contribution in [1.82, 2.24) is 5.32 Å². The number of halogens is 2. The maximum atomic E-state index is 14.3. The molecular weight excluding hydrogens is 625 g/mol. The molecule has 0 radical (unpaired) electrons. The summed E-state index contributed by atoms with van der Waals surface area (Å²) < 4.78 is 13.3. The first-order valence-electron chi connectivity index (χ1n) is 13.5. The van der Waals surface area contributed by atoms with Crippen LogP contribution in [0.5, 0.6) is 0 Å². The van der Waals surface area contributed by atoms with Crippen molar-refractivity contribution in [2.45, 2.75) is 120 Å². The number of ether oxygens (including phenoxy) is 1. The lowest BCUT2D eigenvalue weighted by atomic mass is 9.67. The Morgan fingerprint density at radius 1 is 1.19 bits per heavy atom. The monoisotopic (exact) mass is 673 g/mol. The number of amides is 1. The summed E-state index contributed by atoms with van der Waals surface area (Å²) in [4.78, 5) is 27.7. The molecule has 0 aromatic heterocycles. The number of hydrogen-bond donors (Lipinski definition) is 2. The van der Waals surface area contributed by atoms with Crippen LogP contribution in [0, 0.1) is 11.8 Å². The van der Waals surface area contributed by atoms with Crippen LogP contribution in [0.25, 0.3) is 0 Å². The van der Waals surface area contributed by atoms with Crippen LogP contribution in [0.15, 0.2) is 0 Å². The van der Waals surface area contributed by atoms with E-state index in [1.807, 2.05) is 0 Å². The van der Waals surface area contributed by atoms with E-state index in [-0.39, 0.29) is 40.2 Å². The van der Waals surface area contributed by atoms with Gasteiger partial charge < -0.3 is 19.6 Å². The molecule has 10 heteroatoms. The maximum Gasteiger partial charge on any atom is 0.337 e. The molecule has 2 aliphatic rings. The standard InChI is InChI=1S/C26H49ClINO5Si2/c1-24(2,3)36(7,8)34-21(19-12-10-9-11-13-19)26(23(31)33-16-17-35(4,5)6)25(32,18-28)20(14-15-27)22(30)29-26/h19-21,32H,9-18H2,1-8H3,(H,29,30). The predicted octanol–water partition coefficient (Wildman–Crippen LogP) is 6.12. The molecule has 0 bridgehead atoms. The van der Waals surface area contributed by atoms with Crippen molar-refractivity contribution in [3.63, 3.8) is 0 Å². The van der Waals surface area contributed by atoms with Crippen LogP contribution in [-0.2, 0) is 18.8 Å². The number of rotatable bonds is 11. The highest BCUT2D eigenvalue weighted by Crippen LogP contribution is 2.50. The van der Waals surface area contributed by atoms with Crippen LogP contribution >= 0.6 is 34.2 Å². The van der Waals surface area contributed by atoms with Gasteiger partial charge in [0.25, 0.3) is 0 Å². The molecule has 0 aromatic rings. The van der Waals surface area contributed by atoms with E-state index in [0.29, 0.717) is 0 Å². The van der Waals surface area contributed by atoms with Gasteiger partial charge in [-0.3, -0.25) is 4.79 Å². The molecule has 2 fully saturated rings. The molecule has 2 N–H and O–H groups in total. The van der Waals surface area contributed by atoms with Gasteiger partial charge in [-0.2, -0.15) is 0 Å². The summed E-state index contributed by atoms with van der Waals surface area (Å²) in [6.07, 6.45) is 4.66. The summed E-state index contributed by atoms with van der Waals surface area (Å²) in [6.45, 7) is 17.8. The Balaban J connectivity index is 2.69. The van der Waals surface area contributed by atoms with E-state index in [0.717, 1.165) is 38.1 Å². The fourth-order valence-electron chi connectivity index (χ4n) is 5.25. The van der Waals surface area contributed by atoms with Gasteiger partial charge in [-0.1, -0.05) is 82.3 Å². The van der Waals surface area contributed by atoms with E-state index in [9.17, 15) is 14.7 Å². The van der Waals surface area contributed by atoms with Gasteiger partial charge in [0.1, 0.15) is 5.60 Å².